The van der Waals surface area contributed by atoms with Crippen molar-refractivity contribution >= 4 is 34.5 Å². The number of aromatic nitrogens is 1. The monoisotopic (exact) mass is 337 g/mol. The first-order valence-corrected chi connectivity index (χ1v) is 8.85. The Labute approximate surface area is 138 Å². The fourth-order valence-corrected chi connectivity index (χ4v) is 3.52. The van der Waals surface area contributed by atoms with Gasteiger partial charge in [0.15, 0.2) is 0 Å². The predicted octanol–water partition coefficient (Wildman–Crippen LogP) is 2.86. The Morgan fingerprint density at radius 2 is 2.14 bits per heavy atom. The normalized spacial score (nSPS) is 10.7. The Bertz CT molecular complexity index is 635. The van der Waals surface area contributed by atoms with Crippen LogP contribution in [0.25, 0.3) is 9.88 Å². The molecule has 118 valence electrons. The maximum atomic E-state index is 12.5. The van der Waals surface area contributed by atoms with E-state index in [4.69, 9.17) is 0 Å². The van der Waals surface area contributed by atoms with E-state index in [-0.39, 0.29) is 24.4 Å². The van der Waals surface area contributed by atoms with Crippen LogP contribution >= 0.6 is 22.7 Å². The highest BCUT2D eigenvalue weighted by Gasteiger charge is 2.20. The molecule has 0 fully saturated rings. The third-order valence-electron chi connectivity index (χ3n) is 2.91. The van der Waals surface area contributed by atoms with Gasteiger partial charge in [-0.25, -0.2) is 4.98 Å². The minimum atomic E-state index is -0.208. The Kier molecular flexibility index (Phi) is 5.68. The zero-order chi connectivity index (χ0) is 16.1. The molecule has 2 aromatic rings. The molecule has 2 heterocycles. The summed E-state index contributed by atoms with van der Waals surface area (Å²) in [6.07, 6.45) is 0. The van der Waals surface area contributed by atoms with Crippen molar-refractivity contribution in [1.29, 1.82) is 0 Å². The molecule has 0 aliphatic heterocycles. The van der Waals surface area contributed by atoms with E-state index in [0.717, 1.165) is 9.88 Å². The van der Waals surface area contributed by atoms with Gasteiger partial charge in [0.2, 0.25) is 5.91 Å². The molecule has 0 saturated heterocycles. The second-order valence-electron chi connectivity index (χ2n) is 5.06. The van der Waals surface area contributed by atoms with E-state index >= 15 is 0 Å². The van der Waals surface area contributed by atoms with Crippen LogP contribution in [0.2, 0.25) is 0 Å². The summed E-state index contributed by atoms with van der Waals surface area (Å²) in [5.41, 5.74) is 0.396. The number of nitrogens with one attached hydrogen (secondary N) is 1. The van der Waals surface area contributed by atoms with Crippen LogP contribution < -0.4 is 5.32 Å². The molecule has 2 aromatic heterocycles. The smallest absolute Gasteiger partial charge is 0.273 e. The minimum absolute atomic E-state index is 0.0549. The van der Waals surface area contributed by atoms with Crippen molar-refractivity contribution in [1.82, 2.24) is 15.2 Å². The maximum Gasteiger partial charge on any atom is 0.273 e. The third-order valence-corrected chi connectivity index (χ3v) is 4.79. The van der Waals surface area contributed by atoms with Gasteiger partial charge < -0.3 is 10.2 Å². The van der Waals surface area contributed by atoms with Gasteiger partial charge in [0.1, 0.15) is 10.7 Å². The second-order valence-corrected chi connectivity index (χ2v) is 6.86. The lowest BCUT2D eigenvalue weighted by molar-refractivity contribution is -0.122. The number of thiophene rings is 1. The summed E-state index contributed by atoms with van der Waals surface area (Å²) in [5.74, 6) is -0.362. The Balaban J connectivity index is 2.07. The number of likely N-dealkylation sites (N-methyl/N-ethyl adjacent to an activating group) is 1. The van der Waals surface area contributed by atoms with Crippen LogP contribution in [0.1, 0.15) is 31.3 Å². The fraction of sp³-hybridized carbons (Fsp3) is 0.400. The molecule has 0 aromatic carbocycles. The molecule has 0 aliphatic rings. The molecule has 1 N–H and O–H groups in total. The maximum absolute atomic E-state index is 12.5. The van der Waals surface area contributed by atoms with Crippen LogP contribution in [0.4, 0.5) is 0 Å². The first-order chi connectivity index (χ1) is 10.5. The van der Waals surface area contributed by atoms with Gasteiger partial charge in [-0.1, -0.05) is 6.07 Å². The number of hydrogen-bond acceptors (Lipinski definition) is 5. The van der Waals surface area contributed by atoms with E-state index in [1.165, 1.54) is 16.2 Å². The summed E-state index contributed by atoms with van der Waals surface area (Å²) < 4.78 is 0. The molecule has 0 saturated carbocycles. The van der Waals surface area contributed by atoms with E-state index in [0.29, 0.717) is 12.2 Å². The van der Waals surface area contributed by atoms with E-state index in [2.05, 4.69) is 10.3 Å². The standard InChI is InChI=1S/C15H19N3O2S2/c1-4-18(8-13(19)16-10(2)3)15(20)11-9-22-14(17-11)12-6-5-7-21-12/h5-7,9-10H,4,8H2,1-3H3,(H,16,19). The van der Waals surface area contributed by atoms with Crippen molar-refractivity contribution in [3.8, 4) is 9.88 Å². The van der Waals surface area contributed by atoms with E-state index in [9.17, 15) is 9.59 Å². The summed E-state index contributed by atoms with van der Waals surface area (Å²) in [7, 11) is 0. The molecular weight excluding hydrogens is 318 g/mol. The average molecular weight is 337 g/mol. The minimum Gasteiger partial charge on any atom is -0.352 e. The molecule has 0 radical (unpaired) electrons. The van der Waals surface area contributed by atoms with Crippen LogP contribution in [0.3, 0.4) is 0 Å². The van der Waals surface area contributed by atoms with Crippen molar-refractivity contribution < 1.29 is 9.59 Å². The molecule has 7 heteroatoms. The quantitative estimate of drug-likeness (QED) is 0.881. The number of nitrogens with zero attached hydrogens (tertiary/aromatic N) is 2. The zero-order valence-electron chi connectivity index (χ0n) is 12.8. The summed E-state index contributed by atoms with van der Waals surface area (Å²) >= 11 is 3.04. The number of rotatable bonds is 6. The van der Waals surface area contributed by atoms with Crippen molar-refractivity contribution in [2.45, 2.75) is 26.8 Å². The summed E-state index contributed by atoms with van der Waals surface area (Å²) in [6, 6.07) is 3.99. The summed E-state index contributed by atoms with van der Waals surface area (Å²) in [4.78, 5) is 31.2. The lowest BCUT2D eigenvalue weighted by atomic mass is 10.3. The molecule has 2 rings (SSSR count). The predicted molar refractivity (Wildman–Crippen MR) is 90.3 cm³/mol. The first-order valence-electron chi connectivity index (χ1n) is 7.09. The number of carbonyl (C=O) groups excluding carboxylic acids is 2. The SMILES string of the molecule is CCN(CC(=O)NC(C)C)C(=O)c1csc(-c2cccs2)n1. The van der Waals surface area contributed by atoms with Gasteiger partial charge >= 0.3 is 0 Å². The molecule has 5 nitrogen and oxygen atoms in total. The number of hydrogen-bond donors (Lipinski definition) is 1. The highest BCUT2D eigenvalue weighted by atomic mass is 32.1. The van der Waals surface area contributed by atoms with Crippen molar-refractivity contribution in [2.75, 3.05) is 13.1 Å². The van der Waals surface area contributed by atoms with Crippen LogP contribution in [0.5, 0.6) is 0 Å². The molecule has 22 heavy (non-hydrogen) atoms. The lowest BCUT2D eigenvalue weighted by Crippen LogP contribution is -2.42. The van der Waals surface area contributed by atoms with Gasteiger partial charge in [-0.05, 0) is 32.2 Å². The first kappa shape index (κ1) is 16.6. The topological polar surface area (TPSA) is 62.3 Å². The molecular formula is C15H19N3O2S2. The third kappa shape index (κ3) is 4.14. The Hall–Kier alpha value is -1.73. The van der Waals surface area contributed by atoms with E-state index in [1.807, 2.05) is 38.3 Å². The molecule has 0 atom stereocenters. The average Bonchev–Trinajstić information content (AvgIpc) is 3.13. The summed E-state index contributed by atoms with van der Waals surface area (Å²) in [5, 5.41) is 7.36. The molecule has 2 amide bonds. The van der Waals surface area contributed by atoms with Crippen molar-refractivity contribution in [2.24, 2.45) is 0 Å². The second kappa shape index (κ2) is 7.51. The largest absolute Gasteiger partial charge is 0.352 e. The van der Waals surface area contributed by atoms with Crippen molar-refractivity contribution in [3.63, 3.8) is 0 Å². The van der Waals surface area contributed by atoms with Gasteiger partial charge in [-0.2, -0.15) is 0 Å². The van der Waals surface area contributed by atoms with Gasteiger partial charge in [0.25, 0.3) is 5.91 Å². The Morgan fingerprint density at radius 1 is 1.36 bits per heavy atom. The van der Waals surface area contributed by atoms with Gasteiger partial charge in [-0.15, -0.1) is 22.7 Å². The summed E-state index contributed by atoms with van der Waals surface area (Å²) in [6.45, 7) is 6.16. The van der Waals surface area contributed by atoms with Gasteiger partial charge in [0.05, 0.1) is 11.4 Å². The molecule has 0 spiro atoms. The lowest BCUT2D eigenvalue weighted by Gasteiger charge is -2.20. The van der Waals surface area contributed by atoms with Crippen LogP contribution in [-0.2, 0) is 4.79 Å². The highest BCUT2D eigenvalue weighted by molar-refractivity contribution is 7.20. The fourth-order valence-electron chi connectivity index (χ4n) is 1.92. The molecule has 0 aliphatic carbocycles. The zero-order valence-corrected chi connectivity index (χ0v) is 14.5. The van der Waals surface area contributed by atoms with Crippen molar-refractivity contribution in [3.05, 3.63) is 28.6 Å². The van der Waals surface area contributed by atoms with Crippen LogP contribution in [-0.4, -0.2) is 40.8 Å². The number of carbonyl (C=O) groups is 2. The highest BCUT2D eigenvalue weighted by Crippen LogP contribution is 2.28. The van der Waals surface area contributed by atoms with Crippen LogP contribution in [0, 0.1) is 0 Å². The number of thiazole rings is 1. The molecule has 0 unspecified atom stereocenters. The van der Waals surface area contributed by atoms with E-state index in [1.54, 1.807) is 16.7 Å². The molecule has 0 bridgehead atoms. The van der Waals surface area contributed by atoms with E-state index < -0.39 is 0 Å². The Morgan fingerprint density at radius 3 is 2.73 bits per heavy atom. The van der Waals surface area contributed by atoms with Gasteiger partial charge in [0, 0.05) is 18.0 Å². The number of amides is 2. The van der Waals surface area contributed by atoms with Gasteiger partial charge in [-0.3, -0.25) is 9.59 Å². The van der Waals surface area contributed by atoms with Crippen LogP contribution in [0.15, 0.2) is 22.9 Å².